The summed E-state index contributed by atoms with van der Waals surface area (Å²) in [5.74, 6) is -0.294. The Kier molecular flexibility index (Phi) is 7.14. The fourth-order valence-electron chi connectivity index (χ4n) is 3.63. The minimum absolute atomic E-state index is 0.00108. The maximum atomic E-state index is 14.0. The molecule has 37 heavy (non-hydrogen) atoms. The number of thioether (sulfide) groups is 1. The van der Waals surface area contributed by atoms with Gasteiger partial charge in [0.2, 0.25) is 5.17 Å². The van der Waals surface area contributed by atoms with E-state index < -0.39 is 5.91 Å². The fraction of sp³-hybridized carbons (Fsp3) is 0.0769. The molecule has 0 aromatic heterocycles. The van der Waals surface area contributed by atoms with Gasteiger partial charge in [-0.3, -0.25) is 10.2 Å². The summed E-state index contributed by atoms with van der Waals surface area (Å²) < 4.78 is 25.8. The Morgan fingerprint density at radius 3 is 2.70 bits per heavy atom. The van der Waals surface area contributed by atoms with Crippen LogP contribution in [-0.2, 0) is 11.4 Å². The van der Waals surface area contributed by atoms with E-state index in [1.807, 2.05) is 18.2 Å². The van der Waals surface area contributed by atoms with Crippen molar-refractivity contribution in [3.05, 3.63) is 98.2 Å². The number of aliphatic imine (C=N–C) groups is 1. The summed E-state index contributed by atoms with van der Waals surface area (Å²) in [6.45, 7) is 0.00108. The summed E-state index contributed by atoms with van der Waals surface area (Å²) in [4.78, 5) is 17.0. The largest absolute Gasteiger partial charge is 0.493 e. The summed E-state index contributed by atoms with van der Waals surface area (Å²) in [7, 11) is 1.48. The van der Waals surface area contributed by atoms with E-state index in [0.717, 1.165) is 0 Å². The van der Waals surface area contributed by atoms with Crippen LogP contribution in [0.15, 0.2) is 80.8 Å². The number of rotatable bonds is 6. The SMILES string of the molecule is COc1cc(C=C2C(=N)N3N=C(c4ccccc4Cl)SC3=NC2=O)cc(Br)c1OCc1ccccc1F. The van der Waals surface area contributed by atoms with Crippen LogP contribution < -0.4 is 9.47 Å². The van der Waals surface area contributed by atoms with Crippen LogP contribution in [0.4, 0.5) is 4.39 Å². The van der Waals surface area contributed by atoms with Gasteiger partial charge in [-0.1, -0.05) is 48.0 Å². The van der Waals surface area contributed by atoms with Crippen molar-refractivity contribution in [1.82, 2.24) is 5.01 Å². The molecule has 11 heteroatoms. The first-order valence-corrected chi connectivity index (χ1v) is 12.8. The number of hydrogen-bond acceptors (Lipinski definition) is 6. The van der Waals surface area contributed by atoms with Crippen LogP contribution in [0.5, 0.6) is 11.5 Å². The lowest BCUT2D eigenvalue weighted by atomic mass is 10.1. The number of carbonyl (C=O) groups excluding carboxylic acids is 1. The number of ether oxygens (including phenoxy) is 2. The smallest absolute Gasteiger partial charge is 0.283 e. The van der Waals surface area contributed by atoms with Crippen molar-refractivity contribution in [1.29, 1.82) is 5.41 Å². The normalized spacial score (nSPS) is 16.0. The van der Waals surface area contributed by atoms with Crippen molar-refractivity contribution in [2.24, 2.45) is 10.1 Å². The maximum absolute atomic E-state index is 14.0. The van der Waals surface area contributed by atoms with Gasteiger partial charge in [0.05, 0.1) is 22.2 Å². The standard InChI is InChI=1S/C26H17BrClFN4O3S/c1-35-21-12-14(11-18(27)22(21)36-13-15-6-2-5-9-20(15)29)10-17-23(30)33-26(31-24(17)34)37-25(32-33)16-7-3-4-8-19(16)28/h2-12,30H,13H2,1H3. The zero-order chi connectivity index (χ0) is 26.1. The molecular weight excluding hydrogens is 583 g/mol. The number of hydrogen-bond donors (Lipinski definition) is 1. The number of nitrogens with one attached hydrogen (secondary N) is 1. The van der Waals surface area contributed by atoms with Gasteiger partial charge in [0, 0.05) is 11.1 Å². The molecule has 0 aliphatic carbocycles. The Labute approximate surface area is 229 Å². The van der Waals surface area contributed by atoms with Gasteiger partial charge in [0.1, 0.15) is 17.5 Å². The monoisotopic (exact) mass is 598 g/mol. The van der Waals surface area contributed by atoms with Gasteiger partial charge in [-0.05, 0) is 63.6 Å². The van der Waals surface area contributed by atoms with E-state index in [-0.39, 0.29) is 29.0 Å². The predicted octanol–water partition coefficient (Wildman–Crippen LogP) is 6.50. The predicted molar refractivity (Wildman–Crippen MR) is 147 cm³/mol. The zero-order valence-electron chi connectivity index (χ0n) is 19.2. The Bertz CT molecular complexity index is 1540. The molecule has 0 saturated heterocycles. The summed E-state index contributed by atoms with van der Waals surface area (Å²) >= 11 is 10.9. The van der Waals surface area contributed by atoms with Gasteiger partial charge in [0.25, 0.3) is 5.91 Å². The summed E-state index contributed by atoms with van der Waals surface area (Å²) in [6.07, 6.45) is 1.53. The molecule has 5 rings (SSSR count). The first kappa shape index (κ1) is 25.2. The number of amides is 1. The van der Waals surface area contributed by atoms with Gasteiger partial charge in [-0.2, -0.15) is 15.1 Å². The number of amidine groups is 2. The molecule has 0 atom stereocenters. The average molecular weight is 600 g/mol. The number of halogens is 3. The molecule has 186 valence electrons. The molecule has 0 spiro atoms. The van der Waals surface area contributed by atoms with E-state index in [2.05, 4.69) is 26.0 Å². The molecule has 0 bridgehead atoms. The number of carbonyl (C=O) groups is 1. The Morgan fingerprint density at radius 2 is 1.95 bits per heavy atom. The molecule has 0 saturated carbocycles. The van der Waals surface area contributed by atoms with Gasteiger partial charge in [0.15, 0.2) is 17.3 Å². The third kappa shape index (κ3) is 5.04. The maximum Gasteiger partial charge on any atom is 0.283 e. The minimum atomic E-state index is -0.561. The van der Waals surface area contributed by atoms with Crippen LogP contribution in [0, 0.1) is 11.2 Å². The fourth-order valence-corrected chi connectivity index (χ4v) is 5.42. The Morgan fingerprint density at radius 1 is 1.19 bits per heavy atom. The topological polar surface area (TPSA) is 87.3 Å². The van der Waals surface area contributed by atoms with Crippen molar-refractivity contribution in [3.63, 3.8) is 0 Å². The van der Waals surface area contributed by atoms with E-state index in [0.29, 0.717) is 42.7 Å². The van der Waals surface area contributed by atoms with Crippen LogP contribution >= 0.6 is 39.3 Å². The summed E-state index contributed by atoms with van der Waals surface area (Å²) in [6, 6.07) is 16.9. The van der Waals surface area contributed by atoms with E-state index in [9.17, 15) is 9.18 Å². The number of benzene rings is 3. The second-order valence-electron chi connectivity index (χ2n) is 7.82. The molecule has 7 nitrogen and oxygen atoms in total. The molecule has 2 aliphatic rings. The van der Waals surface area contributed by atoms with Gasteiger partial charge < -0.3 is 9.47 Å². The minimum Gasteiger partial charge on any atom is -0.493 e. The third-order valence-corrected chi connectivity index (χ3v) is 7.31. The second-order valence-corrected chi connectivity index (χ2v) is 10.0. The van der Waals surface area contributed by atoms with Crippen LogP contribution in [0.1, 0.15) is 16.7 Å². The van der Waals surface area contributed by atoms with E-state index in [4.69, 9.17) is 26.5 Å². The Balaban J connectivity index is 1.43. The van der Waals surface area contributed by atoms with Gasteiger partial charge in [-0.15, -0.1) is 0 Å². The van der Waals surface area contributed by atoms with Crippen molar-refractivity contribution in [2.45, 2.75) is 6.61 Å². The molecule has 0 fully saturated rings. The highest BCUT2D eigenvalue weighted by Crippen LogP contribution is 2.39. The molecule has 1 N–H and O–H groups in total. The molecule has 1 amide bonds. The zero-order valence-corrected chi connectivity index (χ0v) is 22.3. The van der Waals surface area contributed by atoms with Crippen LogP contribution in [0.25, 0.3) is 6.08 Å². The molecule has 0 radical (unpaired) electrons. The lowest BCUT2D eigenvalue weighted by Crippen LogP contribution is -2.35. The van der Waals surface area contributed by atoms with Gasteiger partial charge >= 0.3 is 0 Å². The number of nitrogens with zero attached hydrogens (tertiary/aromatic N) is 3. The molecule has 3 aromatic carbocycles. The van der Waals surface area contributed by atoms with Crippen molar-refractivity contribution < 1.29 is 18.7 Å². The highest BCUT2D eigenvalue weighted by Gasteiger charge is 2.36. The Hall–Kier alpha value is -3.47. The lowest BCUT2D eigenvalue weighted by molar-refractivity contribution is -0.114. The highest BCUT2D eigenvalue weighted by atomic mass is 79.9. The van der Waals surface area contributed by atoms with E-state index in [1.54, 1.807) is 36.4 Å². The molecular formula is C26H17BrClFN4O3S. The van der Waals surface area contributed by atoms with E-state index >= 15 is 0 Å². The van der Waals surface area contributed by atoms with Crippen molar-refractivity contribution in [2.75, 3.05) is 7.11 Å². The average Bonchev–Trinajstić information content (AvgIpc) is 3.30. The van der Waals surface area contributed by atoms with Crippen molar-refractivity contribution in [3.8, 4) is 11.5 Å². The molecule has 3 aromatic rings. The highest BCUT2D eigenvalue weighted by molar-refractivity contribution is 9.10. The quantitative estimate of drug-likeness (QED) is 0.327. The molecule has 2 aliphatic heterocycles. The van der Waals surface area contributed by atoms with Crippen LogP contribution in [0.2, 0.25) is 5.02 Å². The lowest BCUT2D eigenvalue weighted by Gasteiger charge is -2.20. The number of fused-ring (bicyclic) bond motifs is 1. The molecule has 2 heterocycles. The van der Waals surface area contributed by atoms with Crippen LogP contribution in [0.3, 0.4) is 0 Å². The number of hydrazone groups is 1. The van der Waals surface area contributed by atoms with Crippen molar-refractivity contribution >= 4 is 67.3 Å². The number of methoxy groups -OCH3 is 1. The van der Waals surface area contributed by atoms with Gasteiger partial charge in [-0.25, -0.2) is 4.39 Å². The third-order valence-electron chi connectivity index (χ3n) is 5.45. The van der Waals surface area contributed by atoms with Crippen LogP contribution in [-0.4, -0.2) is 34.1 Å². The van der Waals surface area contributed by atoms with E-state index in [1.165, 1.54) is 36.0 Å². The first-order valence-electron chi connectivity index (χ1n) is 10.8. The summed E-state index contributed by atoms with van der Waals surface area (Å²) in [5.41, 5.74) is 1.72. The summed E-state index contributed by atoms with van der Waals surface area (Å²) in [5, 5.41) is 15.8. The molecule has 0 unspecified atom stereocenters. The first-order chi connectivity index (χ1) is 17.9. The second kappa shape index (κ2) is 10.5.